The molecule has 118 valence electrons. The van der Waals surface area contributed by atoms with Gasteiger partial charge in [-0.2, -0.15) is 0 Å². The molecule has 1 aromatic rings. The number of nitrogen functional groups attached to an aromatic ring is 1. The Morgan fingerprint density at radius 3 is 2.62 bits per heavy atom. The Balaban J connectivity index is 2.07. The first-order valence-corrected chi connectivity index (χ1v) is 8.52. The van der Waals surface area contributed by atoms with Gasteiger partial charge in [0.15, 0.2) is 0 Å². The molecule has 0 aromatic heterocycles. The fourth-order valence-electron chi connectivity index (χ4n) is 2.53. The van der Waals surface area contributed by atoms with E-state index in [1.807, 2.05) is 0 Å². The number of nitrogens with zero attached hydrogens (tertiary/aromatic N) is 1. The van der Waals surface area contributed by atoms with Gasteiger partial charge in [0.2, 0.25) is 10.0 Å². The van der Waals surface area contributed by atoms with Crippen molar-refractivity contribution >= 4 is 15.7 Å². The Hall–Kier alpha value is -1.18. The zero-order valence-electron chi connectivity index (χ0n) is 12.4. The molecule has 1 aliphatic heterocycles. The zero-order valence-corrected chi connectivity index (χ0v) is 13.2. The molecule has 5 nitrogen and oxygen atoms in total. The van der Waals surface area contributed by atoms with Gasteiger partial charge >= 0.3 is 0 Å². The van der Waals surface area contributed by atoms with Crippen LogP contribution in [0.15, 0.2) is 17.0 Å². The van der Waals surface area contributed by atoms with Crippen molar-refractivity contribution in [1.82, 2.24) is 9.62 Å². The molecule has 0 amide bonds. The van der Waals surface area contributed by atoms with Crippen molar-refractivity contribution < 1.29 is 12.8 Å². The summed E-state index contributed by atoms with van der Waals surface area (Å²) in [5.41, 5.74) is 5.67. The molecule has 0 bridgehead atoms. The molecule has 0 aliphatic carbocycles. The van der Waals surface area contributed by atoms with Gasteiger partial charge in [0.25, 0.3) is 0 Å². The molecule has 1 heterocycles. The summed E-state index contributed by atoms with van der Waals surface area (Å²) in [6, 6.07) is 2.33. The van der Waals surface area contributed by atoms with Crippen molar-refractivity contribution in [1.29, 1.82) is 0 Å². The number of hydrogen-bond acceptors (Lipinski definition) is 4. The maximum Gasteiger partial charge on any atom is 0.240 e. The lowest BCUT2D eigenvalue weighted by molar-refractivity contribution is 0.220. The Kier molecular flexibility index (Phi) is 4.85. The second-order valence-corrected chi connectivity index (χ2v) is 7.47. The molecule has 3 N–H and O–H groups in total. The molecule has 1 aliphatic rings. The van der Waals surface area contributed by atoms with E-state index in [0.29, 0.717) is 18.0 Å². The van der Waals surface area contributed by atoms with Crippen LogP contribution in [0.2, 0.25) is 0 Å². The predicted octanol–water partition coefficient (Wildman–Crippen LogP) is 1.34. The van der Waals surface area contributed by atoms with Gasteiger partial charge in [0.1, 0.15) is 5.82 Å². The first kappa shape index (κ1) is 16.2. The normalized spacial score (nSPS) is 18.0. The molecular formula is C14H22FN3O2S. The Bertz CT molecular complexity index is 611. The topological polar surface area (TPSA) is 75.4 Å². The van der Waals surface area contributed by atoms with Gasteiger partial charge in [-0.05, 0) is 63.5 Å². The van der Waals surface area contributed by atoms with Crippen molar-refractivity contribution in [3.8, 4) is 0 Å². The number of nitrogens with one attached hydrogen (secondary N) is 1. The Morgan fingerprint density at radius 2 is 2.00 bits per heavy atom. The SMILES string of the molecule is Cc1cc(F)c(N)cc1S(=O)(=O)NCC1CCN(C)CC1. The first-order chi connectivity index (χ1) is 9.79. The van der Waals surface area contributed by atoms with Gasteiger partial charge in [-0.15, -0.1) is 0 Å². The van der Waals surface area contributed by atoms with Crippen molar-refractivity contribution in [3.05, 3.63) is 23.5 Å². The predicted molar refractivity (Wildman–Crippen MR) is 81.0 cm³/mol. The summed E-state index contributed by atoms with van der Waals surface area (Å²) in [7, 11) is -1.59. The van der Waals surface area contributed by atoms with Crippen LogP contribution in [-0.4, -0.2) is 40.0 Å². The molecule has 0 radical (unpaired) electrons. The number of halogens is 1. The highest BCUT2D eigenvalue weighted by atomic mass is 32.2. The van der Waals surface area contributed by atoms with E-state index in [1.54, 1.807) is 6.92 Å². The van der Waals surface area contributed by atoms with Crippen LogP contribution in [0.1, 0.15) is 18.4 Å². The largest absolute Gasteiger partial charge is 0.396 e. The number of benzene rings is 1. The number of nitrogens with two attached hydrogens (primary N) is 1. The minimum atomic E-state index is -3.65. The van der Waals surface area contributed by atoms with Crippen LogP contribution in [0, 0.1) is 18.7 Å². The highest BCUT2D eigenvalue weighted by Crippen LogP contribution is 2.22. The van der Waals surface area contributed by atoms with Crippen molar-refractivity contribution in [3.63, 3.8) is 0 Å². The third-order valence-corrected chi connectivity index (χ3v) is 5.55. The number of sulfonamides is 1. The third kappa shape index (κ3) is 3.93. The van der Waals surface area contributed by atoms with Crippen LogP contribution < -0.4 is 10.5 Å². The van der Waals surface area contributed by atoms with E-state index in [-0.39, 0.29) is 10.6 Å². The number of rotatable bonds is 4. The molecule has 2 rings (SSSR count). The molecule has 21 heavy (non-hydrogen) atoms. The van der Waals surface area contributed by atoms with Crippen LogP contribution in [-0.2, 0) is 10.0 Å². The molecular weight excluding hydrogens is 293 g/mol. The van der Waals surface area contributed by atoms with Gasteiger partial charge in [-0.1, -0.05) is 0 Å². The smallest absolute Gasteiger partial charge is 0.240 e. The number of hydrogen-bond donors (Lipinski definition) is 2. The van der Waals surface area contributed by atoms with E-state index >= 15 is 0 Å². The fourth-order valence-corrected chi connectivity index (χ4v) is 3.91. The molecule has 1 fully saturated rings. The van der Waals surface area contributed by atoms with Crippen LogP contribution >= 0.6 is 0 Å². The second kappa shape index (κ2) is 6.29. The lowest BCUT2D eigenvalue weighted by atomic mass is 9.98. The van der Waals surface area contributed by atoms with Gasteiger partial charge in [0, 0.05) is 6.54 Å². The quantitative estimate of drug-likeness (QED) is 0.822. The minimum Gasteiger partial charge on any atom is -0.396 e. The van der Waals surface area contributed by atoms with Crippen LogP contribution in [0.5, 0.6) is 0 Å². The maximum absolute atomic E-state index is 13.3. The third-order valence-electron chi connectivity index (χ3n) is 3.98. The standard InChI is InChI=1S/C14H22FN3O2S/c1-10-7-12(15)13(16)8-14(10)21(19,20)17-9-11-3-5-18(2)6-4-11/h7-8,11,17H,3-6,9,16H2,1-2H3. The average Bonchev–Trinajstić information content (AvgIpc) is 2.42. The highest BCUT2D eigenvalue weighted by Gasteiger charge is 2.22. The monoisotopic (exact) mass is 315 g/mol. The fraction of sp³-hybridized carbons (Fsp3) is 0.571. The van der Waals surface area contributed by atoms with Crippen LogP contribution in [0.3, 0.4) is 0 Å². The number of anilines is 1. The summed E-state index contributed by atoms with van der Waals surface area (Å²) < 4.78 is 40.6. The van der Waals surface area contributed by atoms with Crippen molar-refractivity contribution in [2.45, 2.75) is 24.7 Å². The summed E-state index contributed by atoms with van der Waals surface area (Å²) in [5, 5.41) is 0. The first-order valence-electron chi connectivity index (χ1n) is 7.03. The Morgan fingerprint density at radius 1 is 1.38 bits per heavy atom. The lowest BCUT2D eigenvalue weighted by Gasteiger charge is -2.28. The van der Waals surface area contributed by atoms with Crippen LogP contribution in [0.25, 0.3) is 0 Å². The zero-order chi connectivity index (χ0) is 15.6. The number of piperidine rings is 1. The van der Waals surface area contributed by atoms with E-state index in [4.69, 9.17) is 5.73 Å². The van der Waals surface area contributed by atoms with Crippen molar-refractivity contribution in [2.75, 3.05) is 32.4 Å². The number of aryl methyl sites for hydroxylation is 1. The summed E-state index contributed by atoms with van der Waals surface area (Å²) in [5.74, 6) is -0.254. The molecule has 0 spiro atoms. The molecule has 0 saturated carbocycles. The van der Waals surface area contributed by atoms with Crippen LogP contribution in [0.4, 0.5) is 10.1 Å². The number of likely N-dealkylation sites (tertiary alicyclic amines) is 1. The van der Waals surface area contributed by atoms with Crippen molar-refractivity contribution in [2.24, 2.45) is 5.92 Å². The Labute approximate surface area is 125 Å². The van der Waals surface area contributed by atoms with Gasteiger partial charge < -0.3 is 10.6 Å². The van der Waals surface area contributed by atoms with E-state index in [1.165, 1.54) is 6.07 Å². The summed E-state index contributed by atoms with van der Waals surface area (Å²) in [4.78, 5) is 2.28. The van der Waals surface area contributed by atoms with Gasteiger partial charge in [0.05, 0.1) is 10.6 Å². The summed E-state index contributed by atoms with van der Waals surface area (Å²) >= 11 is 0. The summed E-state index contributed by atoms with van der Waals surface area (Å²) in [6.45, 7) is 3.93. The highest BCUT2D eigenvalue weighted by molar-refractivity contribution is 7.89. The lowest BCUT2D eigenvalue weighted by Crippen LogP contribution is -2.37. The molecule has 0 unspecified atom stereocenters. The maximum atomic E-state index is 13.3. The van der Waals surface area contributed by atoms with E-state index in [0.717, 1.165) is 32.0 Å². The van der Waals surface area contributed by atoms with E-state index < -0.39 is 15.8 Å². The van der Waals surface area contributed by atoms with Gasteiger partial charge in [-0.25, -0.2) is 17.5 Å². The summed E-state index contributed by atoms with van der Waals surface area (Å²) in [6.07, 6.45) is 1.95. The minimum absolute atomic E-state index is 0.0503. The molecule has 1 aromatic carbocycles. The van der Waals surface area contributed by atoms with E-state index in [2.05, 4.69) is 16.7 Å². The second-order valence-electron chi connectivity index (χ2n) is 5.74. The van der Waals surface area contributed by atoms with Gasteiger partial charge in [-0.3, -0.25) is 0 Å². The van der Waals surface area contributed by atoms with E-state index in [9.17, 15) is 12.8 Å². The molecule has 0 atom stereocenters. The average molecular weight is 315 g/mol. The molecule has 1 saturated heterocycles. The molecule has 7 heteroatoms.